The highest BCUT2D eigenvalue weighted by atomic mass is 19.1. The fraction of sp³-hybridized carbons (Fsp3) is 0.929. The second-order valence-electron chi connectivity index (χ2n) is 6.81. The minimum Gasteiger partial charge on any atom is -0.444 e. The molecule has 3 nitrogen and oxygen atoms in total. The SMILES string of the molecule is CC(C)(C)OC(=O)N1CCC2(CCC(F)C2)CC1. The van der Waals surface area contributed by atoms with Crippen LogP contribution in [0.1, 0.15) is 52.9 Å². The number of amides is 1. The number of ether oxygens (including phenoxy) is 1. The van der Waals surface area contributed by atoms with Crippen LogP contribution in [0.25, 0.3) is 0 Å². The summed E-state index contributed by atoms with van der Waals surface area (Å²) >= 11 is 0. The summed E-state index contributed by atoms with van der Waals surface area (Å²) in [5.74, 6) is 0. The highest BCUT2D eigenvalue weighted by Gasteiger charge is 2.42. The Morgan fingerprint density at radius 2 is 1.89 bits per heavy atom. The van der Waals surface area contributed by atoms with Crippen molar-refractivity contribution in [1.82, 2.24) is 4.90 Å². The summed E-state index contributed by atoms with van der Waals surface area (Å²) in [4.78, 5) is 13.7. The highest BCUT2D eigenvalue weighted by Crippen LogP contribution is 2.47. The predicted molar refractivity (Wildman–Crippen MR) is 68.2 cm³/mol. The predicted octanol–water partition coefficient (Wildman–Crippen LogP) is 3.53. The third-order valence-corrected chi connectivity index (χ3v) is 4.12. The largest absolute Gasteiger partial charge is 0.444 e. The number of hydrogen-bond donors (Lipinski definition) is 0. The van der Waals surface area contributed by atoms with Crippen molar-refractivity contribution >= 4 is 6.09 Å². The Labute approximate surface area is 109 Å². The van der Waals surface area contributed by atoms with Crippen LogP contribution in [0.4, 0.5) is 9.18 Å². The minimum atomic E-state index is -0.627. The molecule has 1 saturated heterocycles. The van der Waals surface area contributed by atoms with Gasteiger partial charge in [0, 0.05) is 13.1 Å². The van der Waals surface area contributed by atoms with Crippen LogP contribution in [0.5, 0.6) is 0 Å². The van der Waals surface area contributed by atoms with E-state index in [4.69, 9.17) is 4.74 Å². The molecule has 1 heterocycles. The van der Waals surface area contributed by atoms with Crippen LogP contribution in [0.3, 0.4) is 0 Å². The molecule has 0 aromatic carbocycles. The Hall–Kier alpha value is -0.800. The van der Waals surface area contributed by atoms with E-state index in [0.29, 0.717) is 25.9 Å². The first-order chi connectivity index (χ1) is 8.30. The van der Waals surface area contributed by atoms with Gasteiger partial charge in [0.15, 0.2) is 0 Å². The monoisotopic (exact) mass is 257 g/mol. The van der Waals surface area contributed by atoms with Gasteiger partial charge in [-0.1, -0.05) is 0 Å². The number of alkyl halides is 1. The first-order valence-corrected chi connectivity index (χ1v) is 6.92. The van der Waals surface area contributed by atoms with Gasteiger partial charge in [0.1, 0.15) is 11.8 Å². The zero-order valence-corrected chi connectivity index (χ0v) is 11.7. The molecule has 18 heavy (non-hydrogen) atoms. The van der Waals surface area contributed by atoms with Crippen molar-refractivity contribution in [3.8, 4) is 0 Å². The van der Waals surface area contributed by atoms with E-state index in [-0.39, 0.29) is 11.5 Å². The maximum absolute atomic E-state index is 13.3. The average molecular weight is 257 g/mol. The lowest BCUT2D eigenvalue weighted by atomic mass is 9.77. The number of nitrogens with zero attached hydrogens (tertiary/aromatic N) is 1. The Balaban J connectivity index is 1.85. The number of halogens is 1. The second-order valence-corrected chi connectivity index (χ2v) is 6.81. The number of rotatable bonds is 0. The lowest BCUT2D eigenvalue weighted by Crippen LogP contribution is -2.44. The summed E-state index contributed by atoms with van der Waals surface area (Å²) in [6.45, 7) is 7.05. The quantitative estimate of drug-likeness (QED) is 0.664. The van der Waals surface area contributed by atoms with Crippen molar-refractivity contribution in [2.45, 2.75) is 64.6 Å². The van der Waals surface area contributed by atoms with Gasteiger partial charge in [-0.15, -0.1) is 0 Å². The van der Waals surface area contributed by atoms with Crippen molar-refractivity contribution in [1.29, 1.82) is 0 Å². The Kier molecular flexibility index (Phi) is 3.56. The lowest BCUT2D eigenvalue weighted by molar-refractivity contribution is 0.0101. The smallest absolute Gasteiger partial charge is 0.410 e. The number of carbonyl (C=O) groups excluding carboxylic acids is 1. The van der Waals surface area contributed by atoms with E-state index in [2.05, 4.69) is 0 Å². The molecule has 1 aliphatic heterocycles. The number of likely N-dealkylation sites (tertiary alicyclic amines) is 1. The Morgan fingerprint density at radius 3 is 2.33 bits per heavy atom. The molecule has 0 aromatic rings. The average Bonchev–Trinajstić information content (AvgIpc) is 2.58. The molecule has 4 heteroatoms. The maximum atomic E-state index is 13.3. The fourth-order valence-corrected chi connectivity index (χ4v) is 3.08. The Morgan fingerprint density at radius 1 is 1.28 bits per heavy atom. The zero-order chi connectivity index (χ0) is 13.4. The molecule has 1 aliphatic carbocycles. The second kappa shape index (κ2) is 4.71. The minimum absolute atomic E-state index is 0.165. The fourth-order valence-electron chi connectivity index (χ4n) is 3.08. The van der Waals surface area contributed by atoms with Crippen LogP contribution < -0.4 is 0 Å². The summed E-state index contributed by atoms with van der Waals surface area (Å²) in [5, 5.41) is 0. The van der Waals surface area contributed by atoms with Crippen molar-refractivity contribution < 1.29 is 13.9 Å². The number of carbonyl (C=O) groups is 1. The van der Waals surface area contributed by atoms with E-state index in [1.807, 2.05) is 20.8 Å². The molecule has 1 unspecified atom stereocenters. The summed E-state index contributed by atoms with van der Waals surface area (Å²) < 4.78 is 18.7. The standard InChI is InChI=1S/C14H24FNO2/c1-13(2,3)18-12(17)16-8-6-14(7-9-16)5-4-11(15)10-14/h11H,4-10H2,1-3H3. The van der Waals surface area contributed by atoms with E-state index in [1.54, 1.807) is 4.90 Å². The van der Waals surface area contributed by atoms with Crippen LogP contribution in [0, 0.1) is 5.41 Å². The van der Waals surface area contributed by atoms with Gasteiger partial charge in [0.2, 0.25) is 0 Å². The first kappa shape index (κ1) is 13.6. The van der Waals surface area contributed by atoms with Crippen molar-refractivity contribution in [3.63, 3.8) is 0 Å². The molecular weight excluding hydrogens is 233 g/mol. The number of hydrogen-bond acceptors (Lipinski definition) is 2. The van der Waals surface area contributed by atoms with Gasteiger partial charge in [-0.2, -0.15) is 0 Å². The number of piperidine rings is 1. The molecule has 2 fully saturated rings. The van der Waals surface area contributed by atoms with Gasteiger partial charge in [-0.05, 0) is 58.3 Å². The van der Waals surface area contributed by atoms with E-state index in [1.165, 1.54) is 0 Å². The van der Waals surface area contributed by atoms with E-state index < -0.39 is 11.8 Å². The molecule has 0 aromatic heterocycles. The molecule has 1 amide bonds. The topological polar surface area (TPSA) is 29.5 Å². The van der Waals surface area contributed by atoms with Gasteiger partial charge in [-0.3, -0.25) is 0 Å². The van der Waals surface area contributed by atoms with Gasteiger partial charge in [0.25, 0.3) is 0 Å². The van der Waals surface area contributed by atoms with Gasteiger partial charge in [-0.25, -0.2) is 9.18 Å². The highest BCUT2D eigenvalue weighted by molar-refractivity contribution is 5.68. The van der Waals surface area contributed by atoms with Gasteiger partial charge in [0.05, 0.1) is 0 Å². The van der Waals surface area contributed by atoms with Gasteiger partial charge >= 0.3 is 6.09 Å². The van der Waals surface area contributed by atoms with Crippen molar-refractivity contribution in [3.05, 3.63) is 0 Å². The molecule has 1 saturated carbocycles. The van der Waals surface area contributed by atoms with Crippen LogP contribution in [0.15, 0.2) is 0 Å². The van der Waals surface area contributed by atoms with Crippen LogP contribution >= 0.6 is 0 Å². The third kappa shape index (κ3) is 3.15. The molecule has 2 aliphatic rings. The normalized spacial score (nSPS) is 27.6. The summed E-state index contributed by atoms with van der Waals surface area (Å²) in [6.07, 6.45) is 3.36. The molecule has 104 valence electrons. The summed E-state index contributed by atoms with van der Waals surface area (Å²) in [7, 11) is 0. The summed E-state index contributed by atoms with van der Waals surface area (Å²) in [6, 6.07) is 0. The summed E-state index contributed by atoms with van der Waals surface area (Å²) in [5.41, 5.74) is -0.276. The van der Waals surface area contributed by atoms with Crippen molar-refractivity contribution in [2.24, 2.45) is 5.41 Å². The van der Waals surface area contributed by atoms with E-state index in [0.717, 1.165) is 19.3 Å². The van der Waals surface area contributed by atoms with E-state index in [9.17, 15) is 9.18 Å². The van der Waals surface area contributed by atoms with Gasteiger partial charge < -0.3 is 9.64 Å². The van der Waals surface area contributed by atoms with Crippen molar-refractivity contribution in [2.75, 3.05) is 13.1 Å². The molecule has 0 radical (unpaired) electrons. The van der Waals surface area contributed by atoms with Crippen LogP contribution in [0.2, 0.25) is 0 Å². The van der Waals surface area contributed by atoms with Crippen LogP contribution in [-0.2, 0) is 4.74 Å². The molecule has 0 N–H and O–H groups in total. The van der Waals surface area contributed by atoms with E-state index >= 15 is 0 Å². The molecule has 2 rings (SSSR count). The maximum Gasteiger partial charge on any atom is 0.410 e. The van der Waals surface area contributed by atoms with Crippen LogP contribution in [-0.4, -0.2) is 35.9 Å². The Bertz CT molecular complexity index is 316. The molecular formula is C14H24FNO2. The molecule has 1 atom stereocenters. The molecule has 0 bridgehead atoms. The molecule has 1 spiro atoms. The third-order valence-electron chi connectivity index (χ3n) is 4.12. The zero-order valence-electron chi connectivity index (χ0n) is 11.7. The first-order valence-electron chi connectivity index (χ1n) is 6.92. The lowest BCUT2D eigenvalue weighted by Gasteiger charge is -2.39.